The first-order valence-electron chi connectivity index (χ1n) is 4.66. The van der Waals surface area contributed by atoms with E-state index in [9.17, 15) is 14.9 Å². The van der Waals surface area contributed by atoms with Crippen molar-refractivity contribution in [1.82, 2.24) is 5.32 Å². The fourth-order valence-corrected chi connectivity index (χ4v) is 1.42. The van der Waals surface area contributed by atoms with Crippen LogP contribution in [0.1, 0.15) is 15.9 Å². The molecule has 0 heterocycles. The molecule has 0 aromatic heterocycles. The van der Waals surface area contributed by atoms with Crippen molar-refractivity contribution in [3.63, 3.8) is 0 Å². The number of carbonyl (C=O) groups is 1. The minimum absolute atomic E-state index is 0.0569. The Morgan fingerprint density at radius 2 is 2.25 bits per heavy atom. The maximum Gasteiger partial charge on any atom is 0.273 e. The summed E-state index contributed by atoms with van der Waals surface area (Å²) in [5.41, 5.74) is 0.609. The van der Waals surface area contributed by atoms with Crippen LogP contribution in [0.25, 0.3) is 0 Å². The van der Waals surface area contributed by atoms with Gasteiger partial charge in [0.25, 0.3) is 11.6 Å². The minimum Gasteiger partial charge on any atom is -0.351 e. The van der Waals surface area contributed by atoms with Crippen LogP contribution in [0.2, 0.25) is 0 Å². The average molecular weight is 243 g/mol. The number of alkyl halides is 1. The van der Waals surface area contributed by atoms with Crippen LogP contribution in [0.3, 0.4) is 0 Å². The van der Waals surface area contributed by atoms with E-state index in [-0.39, 0.29) is 11.6 Å². The van der Waals surface area contributed by atoms with Gasteiger partial charge in [-0.2, -0.15) is 0 Å². The van der Waals surface area contributed by atoms with Crippen LogP contribution in [-0.2, 0) is 0 Å². The van der Waals surface area contributed by atoms with Crippen LogP contribution >= 0.6 is 11.6 Å². The van der Waals surface area contributed by atoms with Crippen molar-refractivity contribution in [2.45, 2.75) is 6.92 Å². The predicted octanol–water partition coefficient (Wildman–Crippen LogP) is 1.87. The van der Waals surface area contributed by atoms with Gasteiger partial charge in [-0.05, 0) is 13.0 Å². The van der Waals surface area contributed by atoms with Crippen LogP contribution in [0.15, 0.2) is 18.2 Å². The lowest BCUT2D eigenvalue weighted by Gasteiger charge is -2.06. The van der Waals surface area contributed by atoms with Gasteiger partial charge in [0.05, 0.1) is 4.92 Å². The van der Waals surface area contributed by atoms with Crippen LogP contribution in [0, 0.1) is 17.0 Å². The average Bonchev–Trinajstić information content (AvgIpc) is 2.25. The van der Waals surface area contributed by atoms with Gasteiger partial charge in [-0.1, -0.05) is 6.07 Å². The van der Waals surface area contributed by atoms with E-state index in [1.165, 1.54) is 12.1 Å². The van der Waals surface area contributed by atoms with Gasteiger partial charge in [0, 0.05) is 29.6 Å². The lowest BCUT2D eigenvalue weighted by atomic mass is 10.1. The lowest BCUT2D eigenvalue weighted by Crippen LogP contribution is -2.26. The van der Waals surface area contributed by atoms with Crippen molar-refractivity contribution in [3.8, 4) is 0 Å². The van der Waals surface area contributed by atoms with E-state index in [0.717, 1.165) is 0 Å². The Hall–Kier alpha value is -1.62. The topological polar surface area (TPSA) is 72.2 Å². The Balaban J connectivity index is 3.01. The largest absolute Gasteiger partial charge is 0.351 e. The Bertz CT molecular complexity index is 421. The zero-order chi connectivity index (χ0) is 12.1. The molecule has 0 spiro atoms. The molecule has 86 valence electrons. The summed E-state index contributed by atoms with van der Waals surface area (Å²) in [6.07, 6.45) is 0. The lowest BCUT2D eigenvalue weighted by molar-refractivity contribution is -0.385. The van der Waals surface area contributed by atoms with Gasteiger partial charge in [-0.15, -0.1) is 11.6 Å². The number of hydrogen-bond donors (Lipinski definition) is 1. The molecular formula is C10H11ClN2O3. The highest BCUT2D eigenvalue weighted by atomic mass is 35.5. The molecule has 0 atom stereocenters. The third-order valence-corrected chi connectivity index (χ3v) is 2.32. The molecule has 1 N–H and O–H groups in total. The molecule has 0 bridgehead atoms. The molecule has 6 heteroatoms. The highest BCUT2D eigenvalue weighted by Gasteiger charge is 2.17. The molecule has 1 rings (SSSR count). The van der Waals surface area contributed by atoms with Gasteiger partial charge in [-0.25, -0.2) is 0 Å². The van der Waals surface area contributed by atoms with Crippen LogP contribution in [-0.4, -0.2) is 23.3 Å². The molecule has 0 saturated heterocycles. The van der Waals surface area contributed by atoms with Crippen molar-refractivity contribution < 1.29 is 9.72 Å². The first-order valence-corrected chi connectivity index (χ1v) is 5.19. The normalized spacial score (nSPS) is 9.88. The molecule has 0 unspecified atom stereocenters. The second kappa shape index (κ2) is 5.46. The number of amides is 1. The number of nitro groups is 1. The standard InChI is InChI=1S/C10H11ClN2O3/c1-7-8(10(14)12-6-5-11)3-2-4-9(7)13(15)16/h2-4H,5-6H2,1H3,(H,12,14). The van der Waals surface area contributed by atoms with E-state index in [1.54, 1.807) is 13.0 Å². The fourth-order valence-electron chi connectivity index (χ4n) is 1.32. The molecule has 0 aliphatic carbocycles. The number of nitrogens with one attached hydrogen (secondary N) is 1. The number of carbonyl (C=O) groups excluding carboxylic acids is 1. The van der Waals surface area contributed by atoms with Crippen molar-refractivity contribution in [2.75, 3.05) is 12.4 Å². The third-order valence-electron chi connectivity index (χ3n) is 2.13. The van der Waals surface area contributed by atoms with E-state index in [2.05, 4.69) is 5.32 Å². The molecular weight excluding hydrogens is 232 g/mol. The highest BCUT2D eigenvalue weighted by Crippen LogP contribution is 2.20. The van der Waals surface area contributed by atoms with E-state index in [0.29, 0.717) is 23.6 Å². The number of benzene rings is 1. The van der Waals surface area contributed by atoms with E-state index >= 15 is 0 Å². The Labute approximate surface area is 97.6 Å². The quantitative estimate of drug-likeness (QED) is 0.498. The molecule has 5 nitrogen and oxygen atoms in total. The van der Waals surface area contributed by atoms with E-state index < -0.39 is 4.92 Å². The van der Waals surface area contributed by atoms with Gasteiger partial charge in [-0.3, -0.25) is 14.9 Å². The van der Waals surface area contributed by atoms with Crippen LogP contribution in [0.4, 0.5) is 5.69 Å². The third kappa shape index (κ3) is 2.70. The molecule has 1 aromatic rings. The summed E-state index contributed by atoms with van der Waals surface area (Å²) in [7, 11) is 0. The molecule has 0 saturated carbocycles. The van der Waals surface area contributed by atoms with Gasteiger partial charge < -0.3 is 5.32 Å². The summed E-state index contributed by atoms with van der Waals surface area (Å²) in [4.78, 5) is 21.8. The van der Waals surface area contributed by atoms with E-state index in [4.69, 9.17) is 11.6 Å². The zero-order valence-electron chi connectivity index (χ0n) is 8.70. The van der Waals surface area contributed by atoms with Crippen LogP contribution in [0.5, 0.6) is 0 Å². The van der Waals surface area contributed by atoms with Gasteiger partial charge in [0.2, 0.25) is 0 Å². The van der Waals surface area contributed by atoms with Gasteiger partial charge >= 0.3 is 0 Å². The maximum atomic E-state index is 11.6. The molecule has 16 heavy (non-hydrogen) atoms. The predicted molar refractivity (Wildman–Crippen MR) is 60.9 cm³/mol. The summed E-state index contributed by atoms with van der Waals surface area (Å²) in [6.45, 7) is 1.89. The first-order chi connectivity index (χ1) is 7.57. The molecule has 0 aliphatic heterocycles. The first kappa shape index (κ1) is 12.4. The molecule has 0 aliphatic rings. The van der Waals surface area contributed by atoms with E-state index in [1.807, 2.05) is 0 Å². The summed E-state index contributed by atoms with van der Waals surface area (Å²) in [5.74, 6) is -0.0402. The van der Waals surface area contributed by atoms with Crippen molar-refractivity contribution in [2.24, 2.45) is 0 Å². The highest BCUT2D eigenvalue weighted by molar-refractivity contribution is 6.18. The second-order valence-electron chi connectivity index (χ2n) is 3.15. The maximum absolute atomic E-state index is 11.6. The smallest absolute Gasteiger partial charge is 0.273 e. The minimum atomic E-state index is -0.506. The van der Waals surface area contributed by atoms with Gasteiger partial charge in [0.15, 0.2) is 0 Å². The fraction of sp³-hybridized carbons (Fsp3) is 0.300. The molecule has 0 radical (unpaired) electrons. The Kier molecular flexibility index (Phi) is 4.25. The summed E-state index contributed by atoms with van der Waals surface area (Å²) in [6, 6.07) is 4.40. The zero-order valence-corrected chi connectivity index (χ0v) is 9.45. The molecule has 1 aromatic carbocycles. The van der Waals surface area contributed by atoms with Gasteiger partial charge in [0.1, 0.15) is 0 Å². The number of nitro benzene ring substituents is 1. The SMILES string of the molecule is Cc1c(C(=O)NCCCl)cccc1[N+](=O)[O-]. The monoisotopic (exact) mass is 242 g/mol. The van der Waals surface area contributed by atoms with Crippen LogP contribution < -0.4 is 5.32 Å². The summed E-state index contributed by atoms with van der Waals surface area (Å²) in [5, 5.41) is 13.2. The summed E-state index contributed by atoms with van der Waals surface area (Å²) < 4.78 is 0. The molecule has 0 fully saturated rings. The number of halogens is 1. The number of rotatable bonds is 4. The van der Waals surface area contributed by atoms with Crippen molar-refractivity contribution in [1.29, 1.82) is 0 Å². The second-order valence-corrected chi connectivity index (χ2v) is 3.53. The van der Waals surface area contributed by atoms with Crippen molar-refractivity contribution in [3.05, 3.63) is 39.4 Å². The Morgan fingerprint density at radius 1 is 1.56 bits per heavy atom. The molecule has 1 amide bonds. The number of nitrogens with zero attached hydrogens (tertiary/aromatic N) is 1. The van der Waals surface area contributed by atoms with Crippen molar-refractivity contribution >= 4 is 23.2 Å². The Morgan fingerprint density at radius 3 is 2.81 bits per heavy atom. The number of hydrogen-bond acceptors (Lipinski definition) is 3. The summed E-state index contributed by atoms with van der Waals surface area (Å²) >= 11 is 5.43.